The van der Waals surface area contributed by atoms with Crippen LogP contribution >= 0.6 is 0 Å². The van der Waals surface area contributed by atoms with Crippen LogP contribution in [0.3, 0.4) is 0 Å². The van der Waals surface area contributed by atoms with Gasteiger partial charge in [0.15, 0.2) is 0 Å². The Morgan fingerprint density at radius 1 is 0.522 bits per heavy atom. The number of nitrogens with zero attached hydrogens (tertiary/aromatic N) is 2. The first-order chi connectivity index (χ1) is 10.7. The fourth-order valence-electron chi connectivity index (χ4n) is 1.34. The Kier molecular flexibility index (Phi) is 4.52. The van der Waals surface area contributed by atoms with Crippen LogP contribution in [-0.2, 0) is 0 Å². The Morgan fingerprint density at radius 3 is 1.04 bits per heavy atom. The van der Waals surface area contributed by atoms with Crippen molar-refractivity contribution in [1.82, 2.24) is 9.97 Å². The average molecular weight is 346 g/mol. The summed E-state index contributed by atoms with van der Waals surface area (Å²) >= 11 is 0. The molecule has 0 spiro atoms. The zero-order chi connectivity index (χ0) is 17.3. The van der Waals surface area contributed by atoms with Crippen molar-refractivity contribution in [2.24, 2.45) is 0 Å². The molecule has 0 unspecified atom stereocenters. The van der Waals surface area contributed by atoms with Crippen molar-refractivity contribution >= 4 is 0 Å². The predicted molar refractivity (Wildman–Crippen MR) is 54.3 cm³/mol. The van der Waals surface area contributed by atoms with E-state index in [9.17, 15) is 35.1 Å². The van der Waals surface area contributed by atoms with E-state index in [0.29, 0.717) is 0 Å². The lowest BCUT2D eigenvalue weighted by molar-refractivity contribution is 0.0961. The molecule has 0 saturated carbocycles. The zero-order valence-electron chi connectivity index (χ0n) is 10.4. The monoisotopic (exact) mass is 346 g/mol. The molecule has 2 rings (SSSR count). The normalized spacial score (nSPS) is 10.8. The molecular weight excluding hydrogens is 344 g/mol. The third-order valence-electron chi connectivity index (χ3n) is 2.32. The highest BCUT2D eigenvalue weighted by Gasteiger charge is 2.25. The van der Waals surface area contributed by atoms with Gasteiger partial charge in [-0.15, -0.1) is 0 Å². The van der Waals surface area contributed by atoms with E-state index < -0.39 is 65.4 Å². The minimum Gasteiger partial charge on any atom is -0.451 e. The lowest BCUT2D eigenvalue weighted by atomic mass is 10.4. The smallest absolute Gasteiger partial charge is 0.255 e. The summed E-state index contributed by atoms with van der Waals surface area (Å²) in [4.78, 5) is 4.44. The number of hydrogen-bond donors (Lipinski definition) is 0. The van der Waals surface area contributed by atoms with Crippen molar-refractivity contribution in [3.8, 4) is 11.5 Å². The maximum absolute atomic E-state index is 13.2. The largest absolute Gasteiger partial charge is 0.451 e. The molecule has 0 bridgehead atoms. The first-order valence-electron chi connectivity index (χ1n) is 5.39. The Balaban J connectivity index is 2.22. The van der Waals surface area contributed by atoms with Crippen LogP contribution in [-0.4, -0.2) is 16.8 Å². The maximum Gasteiger partial charge on any atom is 0.255 e. The first kappa shape index (κ1) is 16.7. The van der Waals surface area contributed by atoms with E-state index >= 15 is 0 Å². The second kappa shape index (κ2) is 6.22. The molecule has 0 fully saturated rings. The van der Waals surface area contributed by atoms with Crippen LogP contribution in [0.4, 0.5) is 35.1 Å². The summed E-state index contributed by atoms with van der Waals surface area (Å²) in [5.74, 6) is -19.7. The lowest BCUT2D eigenvalue weighted by Gasteiger charge is -2.11. The summed E-state index contributed by atoms with van der Waals surface area (Å²) in [5.41, 5.74) is 0. The molecular formula is C11H2F8N2O2. The zero-order valence-corrected chi connectivity index (χ0v) is 10.4. The molecule has 0 aromatic carbocycles. The second-order valence-corrected chi connectivity index (χ2v) is 3.71. The summed E-state index contributed by atoms with van der Waals surface area (Å²) in [6.07, 6.45) is 0. The van der Waals surface area contributed by atoms with Crippen molar-refractivity contribution in [1.29, 1.82) is 0 Å². The molecule has 0 N–H and O–H groups in total. The second-order valence-electron chi connectivity index (χ2n) is 3.71. The van der Waals surface area contributed by atoms with Crippen LogP contribution in [0.1, 0.15) is 0 Å². The van der Waals surface area contributed by atoms with E-state index in [-0.39, 0.29) is 0 Å². The van der Waals surface area contributed by atoms with Gasteiger partial charge in [-0.05, 0) is 0 Å². The van der Waals surface area contributed by atoms with Gasteiger partial charge in [0.05, 0.1) is 0 Å². The molecule has 12 heteroatoms. The topological polar surface area (TPSA) is 44.2 Å². The van der Waals surface area contributed by atoms with E-state index in [0.717, 1.165) is 0 Å². The third kappa shape index (κ3) is 3.10. The van der Waals surface area contributed by atoms with Gasteiger partial charge < -0.3 is 9.47 Å². The lowest BCUT2D eigenvalue weighted by Crippen LogP contribution is -2.14. The van der Waals surface area contributed by atoms with E-state index in [2.05, 4.69) is 19.4 Å². The average Bonchev–Trinajstić information content (AvgIpc) is 2.49. The molecule has 0 radical (unpaired) electrons. The van der Waals surface area contributed by atoms with Gasteiger partial charge in [-0.25, -0.2) is 0 Å². The van der Waals surface area contributed by atoms with Gasteiger partial charge in [-0.3, -0.25) is 0 Å². The van der Waals surface area contributed by atoms with Crippen molar-refractivity contribution < 1.29 is 44.6 Å². The molecule has 2 aromatic rings. The molecule has 2 heterocycles. The van der Waals surface area contributed by atoms with Crippen molar-refractivity contribution in [2.75, 3.05) is 6.79 Å². The van der Waals surface area contributed by atoms with Crippen LogP contribution in [0.5, 0.6) is 11.5 Å². The highest BCUT2D eigenvalue weighted by molar-refractivity contribution is 5.25. The fraction of sp³-hybridized carbons (Fsp3) is 0.0909. The minimum atomic E-state index is -2.06. The quantitative estimate of drug-likeness (QED) is 0.485. The molecule has 0 aliphatic rings. The van der Waals surface area contributed by atoms with E-state index in [1.165, 1.54) is 0 Å². The number of halogens is 8. The van der Waals surface area contributed by atoms with Gasteiger partial charge in [0.1, 0.15) is 0 Å². The Morgan fingerprint density at radius 2 is 0.783 bits per heavy atom. The molecule has 4 nitrogen and oxygen atoms in total. The summed E-state index contributed by atoms with van der Waals surface area (Å²) in [5, 5.41) is 0. The van der Waals surface area contributed by atoms with Gasteiger partial charge in [0, 0.05) is 0 Å². The molecule has 0 aliphatic carbocycles. The summed E-state index contributed by atoms with van der Waals surface area (Å²) < 4.78 is 112. The number of aromatic nitrogens is 2. The molecule has 0 amide bonds. The Hall–Kier alpha value is -2.66. The number of rotatable bonds is 4. The van der Waals surface area contributed by atoms with Crippen molar-refractivity contribution in [3.63, 3.8) is 0 Å². The van der Waals surface area contributed by atoms with Crippen molar-refractivity contribution in [2.45, 2.75) is 0 Å². The van der Waals surface area contributed by atoms with E-state index in [1.54, 1.807) is 0 Å². The molecule has 0 atom stereocenters. The van der Waals surface area contributed by atoms with Crippen LogP contribution in [0.15, 0.2) is 0 Å². The van der Waals surface area contributed by atoms with E-state index in [4.69, 9.17) is 0 Å². The van der Waals surface area contributed by atoms with Crippen LogP contribution in [0.2, 0.25) is 0 Å². The molecule has 0 saturated heterocycles. The SMILES string of the molecule is Fc1nc(F)c(F)c(OCOc2c(F)c(F)nc(F)c2F)c1F. The summed E-state index contributed by atoms with van der Waals surface area (Å²) in [6, 6.07) is 0. The van der Waals surface area contributed by atoms with Gasteiger partial charge in [0.2, 0.25) is 41.6 Å². The van der Waals surface area contributed by atoms with Gasteiger partial charge in [-0.2, -0.15) is 45.1 Å². The minimum absolute atomic E-state index is 1.45. The van der Waals surface area contributed by atoms with Crippen LogP contribution in [0, 0.1) is 47.1 Å². The number of pyridine rings is 2. The Bertz CT molecular complexity index is 655. The first-order valence-corrected chi connectivity index (χ1v) is 5.39. The highest BCUT2D eigenvalue weighted by Crippen LogP contribution is 2.27. The maximum atomic E-state index is 13.2. The van der Waals surface area contributed by atoms with Gasteiger partial charge in [0.25, 0.3) is 23.8 Å². The molecule has 124 valence electrons. The van der Waals surface area contributed by atoms with E-state index in [1.807, 2.05) is 0 Å². The highest BCUT2D eigenvalue weighted by atomic mass is 19.2. The summed E-state index contributed by atoms with van der Waals surface area (Å²) in [7, 11) is 0. The molecule has 2 aromatic heterocycles. The Labute approximate surface area is 121 Å². The molecule has 0 aliphatic heterocycles. The fourth-order valence-corrected chi connectivity index (χ4v) is 1.34. The number of hydrogen-bond acceptors (Lipinski definition) is 4. The van der Waals surface area contributed by atoms with Crippen LogP contribution < -0.4 is 9.47 Å². The summed E-state index contributed by atoms with van der Waals surface area (Å²) in [6.45, 7) is -1.45. The third-order valence-corrected chi connectivity index (χ3v) is 2.32. The van der Waals surface area contributed by atoms with Crippen molar-refractivity contribution in [3.05, 3.63) is 47.1 Å². The number of ether oxygens (including phenoxy) is 2. The van der Waals surface area contributed by atoms with Gasteiger partial charge in [-0.1, -0.05) is 0 Å². The molecule has 23 heavy (non-hydrogen) atoms. The van der Waals surface area contributed by atoms with Gasteiger partial charge >= 0.3 is 0 Å². The standard InChI is InChI=1S/C11H2F8N2O2/c12-2-6(3(13)9(17)20-8(2)16)22-1-23-7-4(14)10(18)21-11(19)5(7)15/h1H2. The predicted octanol–water partition coefficient (Wildman–Crippen LogP) is 3.00. The van der Waals surface area contributed by atoms with Crippen LogP contribution in [0.25, 0.3) is 0 Å².